The highest BCUT2D eigenvalue weighted by molar-refractivity contribution is 7.92. The Morgan fingerprint density at radius 2 is 1.59 bits per heavy atom. The molecule has 0 heterocycles. The summed E-state index contributed by atoms with van der Waals surface area (Å²) in [6.07, 6.45) is 3.65. The van der Waals surface area contributed by atoms with Crippen molar-refractivity contribution in [1.82, 2.24) is 5.73 Å². The first-order valence-corrected chi connectivity index (χ1v) is 7.50. The standard InChI is InChI=1S/C13H18NO2S/c1-11-5-7-12(8-6-11)17(15,16)13(14)9-3-2-4-10-13/h5-8,14H,2-4,9-10H2,1H3. The van der Waals surface area contributed by atoms with E-state index in [0.29, 0.717) is 17.7 Å². The molecule has 0 aliphatic heterocycles. The van der Waals surface area contributed by atoms with Gasteiger partial charge in [-0.25, -0.2) is 14.2 Å². The van der Waals surface area contributed by atoms with Crippen LogP contribution in [0.3, 0.4) is 0 Å². The third-order valence-corrected chi connectivity index (χ3v) is 5.84. The second-order valence-electron chi connectivity index (χ2n) is 4.87. The van der Waals surface area contributed by atoms with Crippen LogP contribution in [0.25, 0.3) is 0 Å². The van der Waals surface area contributed by atoms with Crippen LogP contribution in [0.2, 0.25) is 0 Å². The zero-order valence-corrected chi connectivity index (χ0v) is 10.9. The Morgan fingerprint density at radius 1 is 1.06 bits per heavy atom. The van der Waals surface area contributed by atoms with Crippen LogP contribution >= 0.6 is 0 Å². The van der Waals surface area contributed by atoms with E-state index in [9.17, 15) is 8.42 Å². The molecule has 17 heavy (non-hydrogen) atoms. The van der Waals surface area contributed by atoms with E-state index in [1.54, 1.807) is 24.3 Å². The minimum Gasteiger partial charge on any atom is -0.235 e. The molecule has 0 aromatic heterocycles. The van der Waals surface area contributed by atoms with Crippen molar-refractivity contribution in [2.24, 2.45) is 0 Å². The Bertz CT molecular complexity index is 485. The molecular weight excluding hydrogens is 234 g/mol. The molecule has 2 rings (SSSR count). The molecule has 4 heteroatoms. The van der Waals surface area contributed by atoms with E-state index in [-0.39, 0.29) is 0 Å². The largest absolute Gasteiger partial charge is 0.235 e. The van der Waals surface area contributed by atoms with E-state index < -0.39 is 14.7 Å². The van der Waals surface area contributed by atoms with Crippen LogP contribution < -0.4 is 5.73 Å². The van der Waals surface area contributed by atoms with E-state index in [1.165, 1.54) is 0 Å². The second kappa shape index (κ2) is 4.42. The van der Waals surface area contributed by atoms with Crippen molar-refractivity contribution in [3.63, 3.8) is 0 Å². The number of sulfone groups is 1. The van der Waals surface area contributed by atoms with E-state index in [1.807, 2.05) is 6.92 Å². The van der Waals surface area contributed by atoms with Gasteiger partial charge in [0.1, 0.15) is 4.87 Å². The SMILES string of the molecule is Cc1ccc(S(=O)(=O)C2([NH])CCCCC2)cc1. The maximum atomic E-state index is 12.4. The van der Waals surface area contributed by atoms with Gasteiger partial charge in [0.2, 0.25) is 0 Å². The Kier molecular flexibility index (Phi) is 3.27. The van der Waals surface area contributed by atoms with E-state index in [4.69, 9.17) is 5.73 Å². The molecule has 1 N–H and O–H groups in total. The number of benzene rings is 1. The third kappa shape index (κ3) is 2.24. The predicted molar refractivity (Wildman–Crippen MR) is 67.3 cm³/mol. The lowest BCUT2D eigenvalue weighted by Crippen LogP contribution is -2.42. The van der Waals surface area contributed by atoms with Crippen molar-refractivity contribution < 1.29 is 8.42 Å². The molecule has 0 amide bonds. The summed E-state index contributed by atoms with van der Waals surface area (Å²) >= 11 is 0. The highest BCUT2D eigenvalue weighted by Gasteiger charge is 2.42. The summed E-state index contributed by atoms with van der Waals surface area (Å²) in [6, 6.07) is 6.82. The van der Waals surface area contributed by atoms with Gasteiger partial charge in [-0.05, 0) is 31.9 Å². The molecule has 1 fully saturated rings. The molecule has 1 aliphatic rings. The highest BCUT2D eigenvalue weighted by atomic mass is 32.2. The molecule has 93 valence electrons. The first-order chi connectivity index (χ1) is 7.96. The van der Waals surface area contributed by atoms with Crippen LogP contribution in [0.4, 0.5) is 0 Å². The number of hydrogen-bond donors (Lipinski definition) is 0. The van der Waals surface area contributed by atoms with Gasteiger partial charge >= 0.3 is 0 Å². The van der Waals surface area contributed by atoms with E-state index >= 15 is 0 Å². The topological polar surface area (TPSA) is 57.9 Å². The smallest absolute Gasteiger partial charge is 0.198 e. The van der Waals surface area contributed by atoms with Crippen LogP contribution in [0.1, 0.15) is 37.7 Å². The second-order valence-corrected chi connectivity index (χ2v) is 7.13. The van der Waals surface area contributed by atoms with Gasteiger partial charge in [0.25, 0.3) is 0 Å². The number of hydrogen-bond acceptors (Lipinski definition) is 2. The average molecular weight is 252 g/mol. The quantitative estimate of drug-likeness (QED) is 0.812. The summed E-state index contributed by atoms with van der Waals surface area (Å²) in [6.45, 7) is 1.92. The summed E-state index contributed by atoms with van der Waals surface area (Å²) < 4.78 is 24.9. The van der Waals surface area contributed by atoms with Gasteiger partial charge in [-0.1, -0.05) is 37.0 Å². The molecule has 3 nitrogen and oxygen atoms in total. The summed E-state index contributed by atoms with van der Waals surface area (Å²) in [5, 5.41) is 0. The molecule has 0 unspecified atom stereocenters. The third-order valence-electron chi connectivity index (χ3n) is 3.51. The first-order valence-electron chi connectivity index (χ1n) is 6.02. The summed E-state index contributed by atoms with van der Waals surface area (Å²) in [5.74, 6) is 0. The minimum absolute atomic E-state index is 0.292. The average Bonchev–Trinajstić information content (AvgIpc) is 2.30. The van der Waals surface area contributed by atoms with Crippen LogP contribution in [-0.4, -0.2) is 13.3 Å². The van der Waals surface area contributed by atoms with Crippen LogP contribution in [0.15, 0.2) is 29.2 Å². The van der Waals surface area contributed by atoms with Crippen LogP contribution in [0.5, 0.6) is 0 Å². The van der Waals surface area contributed by atoms with Crippen molar-refractivity contribution in [1.29, 1.82) is 0 Å². The predicted octanol–water partition coefficient (Wildman–Crippen LogP) is 2.71. The molecule has 1 saturated carbocycles. The lowest BCUT2D eigenvalue weighted by atomic mass is 9.96. The van der Waals surface area contributed by atoms with Crippen molar-refractivity contribution in [3.8, 4) is 0 Å². The van der Waals surface area contributed by atoms with Crippen molar-refractivity contribution in [3.05, 3.63) is 29.8 Å². The molecule has 1 aliphatic carbocycles. The van der Waals surface area contributed by atoms with Gasteiger partial charge in [0, 0.05) is 0 Å². The van der Waals surface area contributed by atoms with Gasteiger partial charge in [0.15, 0.2) is 9.84 Å². The Balaban J connectivity index is 2.38. The summed E-state index contributed by atoms with van der Waals surface area (Å²) in [7, 11) is -3.51. The van der Waals surface area contributed by atoms with Crippen molar-refractivity contribution >= 4 is 9.84 Å². The first kappa shape index (κ1) is 12.6. The Hall–Kier alpha value is -0.870. The minimum atomic E-state index is -3.51. The highest BCUT2D eigenvalue weighted by Crippen LogP contribution is 2.36. The Labute approximate surface area is 103 Å². The molecule has 1 aromatic carbocycles. The fourth-order valence-corrected chi connectivity index (χ4v) is 4.11. The van der Waals surface area contributed by atoms with Gasteiger partial charge in [0.05, 0.1) is 4.90 Å². The zero-order chi connectivity index (χ0) is 12.5. The fraction of sp³-hybridized carbons (Fsp3) is 0.538. The maximum absolute atomic E-state index is 12.4. The zero-order valence-electron chi connectivity index (χ0n) is 10.1. The normalized spacial score (nSPS) is 20.1. The van der Waals surface area contributed by atoms with Crippen molar-refractivity contribution in [2.75, 3.05) is 0 Å². The lowest BCUT2D eigenvalue weighted by molar-refractivity contribution is 0.371. The maximum Gasteiger partial charge on any atom is 0.198 e. The van der Waals surface area contributed by atoms with Gasteiger partial charge < -0.3 is 0 Å². The van der Waals surface area contributed by atoms with Gasteiger partial charge in [-0.3, -0.25) is 0 Å². The van der Waals surface area contributed by atoms with E-state index in [0.717, 1.165) is 24.8 Å². The number of aryl methyl sites for hydroxylation is 1. The fourth-order valence-electron chi connectivity index (χ4n) is 2.33. The number of rotatable bonds is 2. The summed E-state index contributed by atoms with van der Waals surface area (Å²) in [4.78, 5) is -1.01. The molecule has 0 atom stereocenters. The molecular formula is C13H18NO2S. The molecule has 0 saturated heterocycles. The van der Waals surface area contributed by atoms with Crippen LogP contribution in [-0.2, 0) is 9.84 Å². The summed E-state index contributed by atoms with van der Waals surface area (Å²) in [5.41, 5.74) is 9.26. The van der Waals surface area contributed by atoms with Gasteiger partial charge in [-0.15, -0.1) is 0 Å². The van der Waals surface area contributed by atoms with Gasteiger partial charge in [-0.2, -0.15) is 0 Å². The Morgan fingerprint density at radius 3 is 2.12 bits per heavy atom. The molecule has 1 aromatic rings. The lowest BCUT2D eigenvalue weighted by Gasteiger charge is -2.31. The van der Waals surface area contributed by atoms with E-state index in [2.05, 4.69) is 0 Å². The molecule has 0 bridgehead atoms. The number of nitrogens with one attached hydrogen (secondary N) is 1. The molecule has 1 radical (unpaired) electrons. The van der Waals surface area contributed by atoms with Crippen molar-refractivity contribution in [2.45, 2.75) is 48.8 Å². The molecule has 0 spiro atoms. The monoisotopic (exact) mass is 252 g/mol. The van der Waals surface area contributed by atoms with Crippen LogP contribution in [0, 0.1) is 6.92 Å².